The molecule has 1 aromatic heterocycles. The van der Waals surface area contributed by atoms with Gasteiger partial charge in [-0.1, -0.05) is 17.3 Å². The van der Waals surface area contributed by atoms with E-state index >= 15 is 0 Å². The molecule has 1 aliphatic heterocycles. The molecule has 8 heteroatoms. The number of nitrogens with zero attached hydrogens (tertiary/aromatic N) is 4. The molecule has 1 fully saturated rings. The summed E-state index contributed by atoms with van der Waals surface area (Å²) in [5, 5.41) is 23.6. The largest absolute Gasteiger partial charge is 0.491 e. The summed E-state index contributed by atoms with van der Waals surface area (Å²) >= 11 is 0. The Bertz CT molecular complexity index is 731. The molecule has 0 aliphatic carbocycles. The Kier molecular flexibility index (Phi) is 7.38. The molecule has 0 bridgehead atoms. The van der Waals surface area contributed by atoms with Gasteiger partial charge < -0.3 is 24.4 Å². The van der Waals surface area contributed by atoms with E-state index in [2.05, 4.69) is 19.9 Å². The number of aliphatic hydroxyl groups excluding tert-OH is 2. The van der Waals surface area contributed by atoms with Gasteiger partial charge in [0, 0.05) is 26.2 Å². The van der Waals surface area contributed by atoms with Crippen LogP contribution in [0.5, 0.6) is 5.75 Å². The van der Waals surface area contributed by atoms with Crippen LogP contribution in [0.1, 0.15) is 30.1 Å². The SMILES string of the molecule is Cc1noc(CN(C)Cc2cccc(OC[C@@H](O)CN3CCC(O)CC3)c2)n1. The number of ether oxygens (including phenoxy) is 1. The number of likely N-dealkylation sites (tertiary alicyclic amines) is 1. The lowest BCUT2D eigenvalue weighted by molar-refractivity contribution is 0.0337. The Balaban J connectivity index is 1.43. The van der Waals surface area contributed by atoms with Crippen LogP contribution in [0.2, 0.25) is 0 Å². The number of rotatable bonds is 9. The predicted octanol–water partition coefficient (Wildman–Crippen LogP) is 1.21. The maximum atomic E-state index is 10.2. The van der Waals surface area contributed by atoms with Crippen LogP contribution < -0.4 is 4.74 Å². The first kappa shape index (κ1) is 20.7. The molecule has 0 radical (unpaired) electrons. The molecule has 1 aliphatic rings. The highest BCUT2D eigenvalue weighted by Gasteiger charge is 2.19. The Morgan fingerprint density at radius 1 is 1.32 bits per heavy atom. The fourth-order valence-corrected chi connectivity index (χ4v) is 3.38. The van der Waals surface area contributed by atoms with Crippen molar-refractivity contribution >= 4 is 0 Å². The van der Waals surface area contributed by atoms with Crippen molar-refractivity contribution in [3.8, 4) is 5.75 Å². The second-order valence-corrected chi connectivity index (χ2v) is 7.55. The van der Waals surface area contributed by atoms with E-state index in [9.17, 15) is 10.2 Å². The number of hydrogen-bond donors (Lipinski definition) is 2. The molecule has 1 saturated heterocycles. The van der Waals surface area contributed by atoms with Gasteiger partial charge in [0.05, 0.1) is 12.6 Å². The summed E-state index contributed by atoms with van der Waals surface area (Å²) in [6, 6.07) is 7.88. The molecule has 2 heterocycles. The molecule has 28 heavy (non-hydrogen) atoms. The summed E-state index contributed by atoms with van der Waals surface area (Å²) < 4.78 is 10.9. The van der Waals surface area contributed by atoms with Gasteiger partial charge in [0.15, 0.2) is 5.82 Å². The summed E-state index contributed by atoms with van der Waals surface area (Å²) in [5.41, 5.74) is 1.11. The zero-order valence-corrected chi connectivity index (χ0v) is 16.6. The molecule has 0 spiro atoms. The van der Waals surface area contributed by atoms with Crippen molar-refractivity contribution in [3.63, 3.8) is 0 Å². The number of aliphatic hydroxyl groups is 2. The number of β-amino-alcohol motifs (C(OH)–C–C–N with tert-alkyl or cyclic N) is 1. The predicted molar refractivity (Wildman–Crippen MR) is 104 cm³/mol. The molecular weight excluding hydrogens is 360 g/mol. The van der Waals surface area contributed by atoms with Crippen molar-refractivity contribution in [1.29, 1.82) is 0 Å². The second kappa shape index (κ2) is 9.97. The van der Waals surface area contributed by atoms with E-state index in [1.165, 1.54) is 0 Å². The van der Waals surface area contributed by atoms with Crippen LogP contribution in [0.4, 0.5) is 0 Å². The Morgan fingerprint density at radius 2 is 2.11 bits per heavy atom. The minimum Gasteiger partial charge on any atom is -0.491 e. The van der Waals surface area contributed by atoms with E-state index < -0.39 is 6.10 Å². The zero-order valence-electron chi connectivity index (χ0n) is 16.6. The quantitative estimate of drug-likeness (QED) is 0.660. The highest BCUT2D eigenvalue weighted by molar-refractivity contribution is 5.28. The van der Waals surface area contributed by atoms with Crippen LogP contribution in [0.25, 0.3) is 0 Å². The van der Waals surface area contributed by atoms with Crippen LogP contribution in [0.3, 0.4) is 0 Å². The highest BCUT2D eigenvalue weighted by Crippen LogP contribution is 2.16. The first-order chi connectivity index (χ1) is 13.5. The Hall–Kier alpha value is -2.00. The maximum absolute atomic E-state index is 10.2. The van der Waals surface area contributed by atoms with Crippen molar-refractivity contribution in [3.05, 3.63) is 41.5 Å². The summed E-state index contributed by atoms with van der Waals surface area (Å²) in [6.07, 6.45) is 0.787. The summed E-state index contributed by atoms with van der Waals surface area (Å²) in [5.74, 6) is 1.98. The molecule has 2 N–H and O–H groups in total. The number of piperidine rings is 1. The standard InChI is InChI=1S/C20H30N4O4/c1-15-21-20(28-22-15)13-23(2)11-16-4-3-5-19(10-16)27-14-18(26)12-24-8-6-17(25)7-9-24/h3-5,10,17-18,25-26H,6-9,11-14H2,1-2H3/t18-/m0/s1. The van der Waals surface area contributed by atoms with Gasteiger partial charge in [-0.15, -0.1) is 0 Å². The highest BCUT2D eigenvalue weighted by atomic mass is 16.5. The molecule has 0 unspecified atom stereocenters. The van der Waals surface area contributed by atoms with E-state index in [-0.39, 0.29) is 12.7 Å². The molecule has 1 aromatic carbocycles. The van der Waals surface area contributed by atoms with Gasteiger partial charge in [0.25, 0.3) is 0 Å². The van der Waals surface area contributed by atoms with Crippen LogP contribution in [0, 0.1) is 6.92 Å². The van der Waals surface area contributed by atoms with Crippen LogP contribution >= 0.6 is 0 Å². The summed E-state index contributed by atoms with van der Waals surface area (Å²) in [4.78, 5) is 8.48. The van der Waals surface area contributed by atoms with Crippen molar-refractivity contribution in [1.82, 2.24) is 19.9 Å². The van der Waals surface area contributed by atoms with Gasteiger partial charge >= 0.3 is 0 Å². The van der Waals surface area contributed by atoms with Gasteiger partial charge in [-0.25, -0.2) is 0 Å². The summed E-state index contributed by atoms with van der Waals surface area (Å²) in [6.45, 7) is 5.56. The number of hydrogen-bond acceptors (Lipinski definition) is 8. The minimum atomic E-state index is -0.553. The van der Waals surface area contributed by atoms with E-state index in [1.807, 2.05) is 31.3 Å². The third kappa shape index (κ3) is 6.56. The van der Waals surface area contributed by atoms with Crippen LogP contribution in [-0.2, 0) is 13.1 Å². The van der Waals surface area contributed by atoms with Crippen molar-refractivity contribution < 1.29 is 19.5 Å². The van der Waals surface area contributed by atoms with E-state index in [0.29, 0.717) is 24.8 Å². The van der Waals surface area contributed by atoms with Gasteiger partial charge in [-0.3, -0.25) is 4.90 Å². The zero-order chi connectivity index (χ0) is 19.9. The minimum absolute atomic E-state index is 0.200. The fraction of sp³-hybridized carbons (Fsp3) is 0.600. The molecule has 3 rings (SSSR count). The third-order valence-corrected chi connectivity index (χ3v) is 4.79. The van der Waals surface area contributed by atoms with E-state index in [4.69, 9.17) is 9.26 Å². The normalized spacial score (nSPS) is 17.2. The van der Waals surface area contributed by atoms with Gasteiger partial charge in [0.1, 0.15) is 18.5 Å². The monoisotopic (exact) mass is 390 g/mol. The lowest BCUT2D eigenvalue weighted by atomic mass is 10.1. The third-order valence-electron chi connectivity index (χ3n) is 4.79. The number of benzene rings is 1. The van der Waals surface area contributed by atoms with Crippen LogP contribution in [-0.4, -0.2) is 75.7 Å². The molecule has 0 amide bonds. The summed E-state index contributed by atoms with van der Waals surface area (Å²) in [7, 11) is 1.99. The molecule has 8 nitrogen and oxygen atoms in total. The van der Waals surface area contributed by atoms with E-state index in [1.54, 1.807) is 6.92 Å². The van der Waals surface area contributed by atoms with Crippen molar-refractivity contribution in [2.24, 2.45) is 0 Å². The first-order valence-corrected chi connectivity index (χ1v) is 9.76. The van der Waals surface area contributed by atoms with Crippen molar-refractivity contribution in [2.75, 3.05) is 33.3 Å². The topological polar surface area (TPSA) is 95.1 Å². The molecule has 0 saturated carbocycles. The lowest BCUT2D eigenvalue weighted by Crippen LogP contribution is -2.41. The van der Waals surface area contributed by atoms with Crippen LogP contribution in [0.15, 0.2) is 28.8 Å². The Labute approximate surface area is 165 Å². The average molecular weight is 390 g/mol. The maximum Gasteiger partial charge on any atom is 0.240 e. The Morgan fingerprint density at radius 3 is 2.82 bits per heavy atom. The van der Waals surface area contributed by atoms with E-state index in [0.717, 1.165) is 43.8 Å². The van der Waals surface area contributed by atoms with Gasteiger partial charge in [-0.05, 0) is 44.5 Å². The smallest absolute Gasteiger partial charge is 0.240 e. The average Bonchev–Trinajstić information content (AvgIpc) is 3.07. The van der Waals surface area contributed by atoms with Gasteiger partial charge in [0.2, 0.25) is 5.89 Å². The second-order valence-electron chi connectivity index (χ2n) is 7.55. The molecule has 154 valence electrons. The molecule has 2 aromatic rings. The molecule has 1 atom stereocenters. The van der Waals surface area contributed by atoms with Crippen molar-refractivity contribution in [2.45, 2.75) is 45.1 Å². The lowest BCUT2D eigenvalue weighted by Gasteiger charge is -2.30. The van der Waals surface area contributed by atoms with Gasteiger partial charge in [-0.2, -0.15) is 4.98 Å². The fourth-order valence-electron chi connectivity index (χ4n) is 3.38. The first-order valence-electron chi connectivity index (χ1n) is 9.76. The number of aromatic nitrogens is 2. The number of aryl methyl sites for hydroxylation is 1. The molecular formula is C20H30N4O4.